The minimum Gasteiger partial charge on any atom is -0.310 e. The summed E-state index contributed by atoms with van der Waals surface area (Å²) in [4.78, 5) is 16.0. The van der Waals surface area contributed by atoms with Crippen molar-refractivity contribution in [2.75, 3.05) is 11.4 Å². The van der Waals surface area contributed by atoms with E-state index in [-0.39, 0.29) is 11.7 Å². The van der Waals surface area contributed by atoms with Crippen molar-refractivity contribution in [3.8, 4) is 11.4 Å². The molecule has 1 atom stereocenters. The third-order valence-electron chi connectivity index (χ3n) is 4.59. The number of nitrogens with zero attached hydrogens (tertiary/aromatic N) is 5. The van der Waals surface area contributed by atoms with Crippen LogP contribution >= 0.6 is 0 Å². The van der Waals surface area contributed by atoms with E-state index in [4.69, 9.17) is 0 Å². The number of anilines is 1. The molecule has 132 valence electrons. The maximum Gasteiger partial charge on any atom is 0.253 e. The number of aromatic nitrogens is 4. The van der Waals surface area contributed by atoms with Crippen molar-refractivity contribution in [3.05, 3.63) is 59.9 Å². The maximum absolute atomic E-state index is 13.5. The smallest absolute Gasteiger partial charge is 0.253 e. The van der Waals surface area contributed by atoms with Crippen LogP contribution in [0, 0.1) is 5.82 Å². The quantitative estimate of drug-likeness (QED) is 0.728. The lowest BCUT2D eigenvalue weighted by molar-refractivity contribution is -0.122. The van der Waals surface area contributed by atoms with Crippen LogP contribution in [0.2, 0.25) is 0 Å². The van der Waals surface area contributed by atoms with Gasteiger partial charge in [0, 0.05) is 17.8 Å². The molecule has 2 heterocycles. The fourth-order valence-electron chi connectivity index (χ4n) is 3.21. The summed E-state index contributed by atoms with van der Waals surface area (Å²) in [6, 6.07) is 13.4. The monoisotopic (exact) mass is 351 g/mol. The van der Waals surface area contributed by atoms with Crippen LogP contribution in [0.15, 0.2) is 48.5 Å². The first-order valence-electron chi connectivity index (χ1n) is 8.58. The number of carbonyl (C=O) groups excluding carboxylic acids is 1. The Morgan fingerprint density at radius 2 is 2.00 bits per heavy atom. The summed E-state index contributed by atoms with van der Waals surface area (Å²) in [5.74, 6) is 0.0671. The lowest BCUT2D eigenvalue weighted by atomic mass is 10.0. The molecule has 0 fully saturated rings. The molecule has 7 heteroatoms. The Bertz CT molecular complexity index is 940. The first kappa shape index (κ1) is 16.4. The number of halogens is 1. The van der Waals surface area contributed by atoms with Gasteiger partial charge in [0.25, 0.3) is 5.91 Å². The molecule has 0 saturated heterocycles. The van der Waals surface area contributed by atoms with Crippen LogP contribution in [0.5, 0.6) is 0 Å². The fourth-order valence-corrected chi connectivity index (χ4v) is 3.21. The highest BCUT2D eigenvalue weighted by Gasteiger charge is 2.29. The van der Waals surface area contributed by atoms with Crippen LogP contribution in [0.1, 0.15) is 24.9 Å². The molecule has 4 rings (SSSR count). The lowest BCUT2D eigenvalue weighted by Crippen LogP contribution is -2.40. The van der Waals surface area contributed by atoms with Gasteiger partial charge in [0.2, 0.25) is 5.82 Å². The minimum atomic E-state index is -0.601. The molecule has 0 N–H and O–H groups in total. The van der Waals surface area contributed by atoms with Crippen molar-refractivity contribution in [2.24, 2.45) is 0 Å². The number of carbonyl (C=O) groups is 1. The molecule has 1 aliphatic heterocycles. The molecule has 1 aliphatic rings. The minimum absolute atomic E-state index is 0.130. The highest BCUT2D eigenvalue weighted by Crippen LogP contribution is 2.29. The number of fused-ring (bicyclic) bond motifs is 1. The largest absolute Gasteiger partial charge is 0.310 e. The normalized spacial score (nSPS) is 14.8. The van der Waals surface area contributed by atoms with Crippen LogP contribution in [0.25, 0.3) is 11.4 Å². The molecular formula is C19H18FN5O. The number of rotatable bonds is 3. The van der Waals surface area contributed by atoms with Gasteiger partial charge in [-0.15, -0.1) is 10.2 Å². The van der Waals surface area contributed by atoms with E-state index in [2.05, 4.69) is 15.4 Å². The zero-order chi connectivity index (χ0) is 18.1. The molecular weight excluding hydrogens is 333 g/mol. The van der Waals surface area contributed by atoms with Gasteiger partial charge in [-0.1, -0.05) is 30.3 Å². The van der Waals surface area contributed by atoms with Crippen molar-refractivity contribution >= 4 is 11.6 Å². The maximum atomic E-state index is 13.5. The second kappa shape index (κ2) is 6.67. The predicted octanol–water partition coefficient (Wildman–Crippen LogP) is 3.02. The molecule has 1 aromatic heterocycles. The highest BCUT2D eigenvalue weighted by molar-refractivity contribution is 5.96. The summed E-state index contributed by atoms with van der Waals surface area (Å²) in [6.07, 6.45) is 1.57. The average molecular weight is 351 g/mol. The third-order valence-corrected chi connectivity index (χ3v) is 4.59. The number of amides is 1. The second-order valence-electron chi connectivity index (χ2n) is 6.34. The first-order chi connectivity index (χ1) is 12.6. The van der Waals surface area contributed by atoms with Gasteiger partial charge in [0.1, 0.15) is 11.9 Å². The Labute approximate surface area is 150 Å². The van der Waals surface area contributed by atoms with Crippen LogP contribution in [-0.2, 0) is 11.2 Å². The molecule has 1 amide bonds. The van der Waals surface area contributed by atoms with E-state index in [1.165, 1.54) is 16.9 Å². The highest BCUT2D eigenvalue weighted by atomic mass is 19.1. The number of hydrogen-bond acceptors (Lipinski definition) is 4. The van der Waals surface area contributed by atoms with E-state index < -0.39 is 6.04 Å². The van der Waals surface area contributed by atoms with Crippen LogP contribution < -0.4 is 4.90 Å². The van der Waals surface area contributed by atoms with Gasteiger partial charge in [0.15, 0.2) is 0 Å². The SMILES string of the molecule is CC(C(=O)N1CCCc2cc(F)ccc21)n1nnc(-c2ccccc2)n1. The van der Waals surface area contributed by atoms with Crippen molar-refractivity contribution in [2.45, 2.75) is 25.8 Å². The molecule has 0 bridgehead atoms. The van der Waals surface area contributed by atoms with E-state index in [9.17, 15) is 9.18 Å². The number of tetrazole rings is 1. The van der Waals surface area contributed by atoms with Gasteiger partial charge in [-0.05, 0) is 48.7 Å². The standard InChI is InChI=1S/C19H18FN5O/c1-13(25-22-18(21-23-25)14-6-3-2-4-7-14)19(26)24-11-5-8-15-12-16(20)9-10-17(15)24/h2-4,6-7,9-10,12-13H,5,8,11H2,1H3. The third kappa shape index (κ3) is 2.96. The fraction of sp³-hybridized carbons (Fsp3) is 0.263. The Morgan fingerprint density at radius 1 is 1.19 bits per heavy atom. The summed E-state index contributed by atoms with van der Waals surface area (Å²) < 4.78 is 13.5. The summed E-state index contributed by atoms with van der Waals surface area (Å²) in [5, 5.41) is 12.5. The summed E-state index contributed by atoms with van der Waals surface area (Å²) >= 11 is 0. The molecule has 0 saturated carbocycles. The van der Waals surface area contributed by atoms with Crippen LogP contribution in [-0.4, -0.2) is 32.7 Å². The van der Waals surface area contributed by atoms with Crippen molar-refractivity contribution in [1.82, 2.24) is 20.2 Å². The molecule has 1 unspecified atom stereocenters. The van der Waals surface area contributed by atoms with E-state index in [0.29, 0.717) is 12.4 Å². The van der Waals surface area contributed by atoms with Gasteiger partial charge < -0.3 is 4.90 Å². The molecule has 0 aliphatic carbocycles. The Kier molecular flexibility index (Phi) is 4.20. The Balaban J connectivity index is 1.59. The molecule has 2 aromatic carbocycles. The summed E-state index contributed by atoms with van der Waals surface area (Å²) in [7, 11) is 0. The molecule has 26 heavy (non-hydrogen) atoms. The number of hydrogen-bond donors (Lipinski definition) is 0. The van der Waals surface area contributed by atoms with Gasteiger partial charge in [0.05, 0.1) is 0 Å². The zero-order valence-electron chi connectivity index (χ0n) is 14.3. The number of aryl methyl sites for hydroxylation is 1. The van der Waals surface area contributed by atoms with Gasteiger partial charge in [-0.2, -0.15) is 4.80 Å². The molecule has 0 radical (unpaired) electrons. The van der Waals surface area contributed by atoms with Gasteiger partial charge in [-0.25, -0.2) is 4.39 Å². The summed E-state index contributed by atoms with van der Waals surface area (Å²) in [6.45, 7) is 2.35. The predicted molar refractivity (Wildman–Crippen MR) is 95.0 cm³/mol. The molecule has 3 aromatic rings. The van der Waals surface area contributed by atoms with Crippen LogP contribution in [0.3, 0.4) is 0 Å². The number of benzene rings is 2. The van der Waals surface area contributed by atoms with E-state index in [1.54, 1.807) is 17.9 Å². The second-order valence-corrected chi connectivity index (χ2v) is 6.34. The Morgan fingerprint density at radius 3 is 2.81 bits per heavy atom. The summed E-state index contributed by atoms with van der Waals surface area (Å²) in [5.41, 5.74) is 2.46. The van der Waals surface area contributed by atoms with Crippen molar-refractivity contribution in [3.63, 3.8) is 0 Å². The molecule has 0 spiro atoms. The first-order valence-corrected chi connectivity index (χ1v) is 8.58. The van der Waals surface area contributed by atoms with E-state index >= 15 is 0 Å². The van der Waals surface area contributed by atoms with E-state index in [0.717, 1.165) is 29.7 Å². The zero-order valence-corrected chi connectivity index (χ0v) is 14.3. The van der Waals surface area contributed by atoms with Crippen molar-refractivity contribution < 1.29 is 9.18 Å². The van der Waals surface area contributed by atoms with E-state index in [1.807, 2.05) is 30.3 Å². The average Bonchev–Trinajstić information content (AvgIpc) is 3.17. The van der Waals surface area contributed by atoms with Crippen molar-refractivity contribution in [1.29, 1.82) is 0 Å². The lowest BCUT2D eigenvalue weighted by Gasteiger charge is -2.31. The van der Waals surface area contributed by atoms with Gasteiger partial charge >= 0.3 is 0 Å². The van der Waals surface area contributed by atoms with Crippen LogP contribution in [0.4, 0.5) is 10.1 Å². The Hall–Kier alpha value is -3.09. The topological polar surface area (TPSA) is 63.9 Å². The molecule has 6 nitrogen and oxygen atoms in total. The van der Waals surface area contributed by atoms with Gasteiger partial charge in [-0.3, -0.25) is 4.79 Å².